The first kappa shape index (κ1) is 30.6. The molecular weight excluding hydrogens is 574 g/mol. The van der Waals surface area contributed by atoms with E-state index in [4.69, 9.17) is 4.74 Å². The summed E-state index contributed by atoms with van der Waals surface area (Å²) in [6, 6.07) is 14.2. The molecule has 0 amide bonds. The second-order valence-electron chi connectivity index (χ2n) is 11.8. The maximum atomic E-state index is 14.5. The molecule has 0 radical (unpaired) electrons. The van der Waals surface area contributed by atoms with E-state index >= 15 is 0 Å². The molecule has 0 aliphatic carbocycles. The Morgan fingerprint density at radius 2 is 1.88 bits per heavy atom. The number of halogens is 2. The standard InChI is InChI=1S/C31H36F2N6O3S/c1-20-16-26(39-43(40,41)15-12-30(2,3)32)22-8-5-6-9-23(22)27(20)42-28-24(10-7-13-35-28)25-11-14-36-29(38-25)37-21-17-31(4,33)19-34-18-21/h5-11,13-14,16,21,34,39H,12,15,17-19H2,1-4H3,(H,36,37,38)/t21-,31-/m0/s1. The Morgan fingerprint density at radius 3 is 2.63 bits per heavy atom. The molecule has 3 N–H and O–H groups in total. The van der Waals surface area contributed by atoms with Crippen molar-refractivity contribution in [1.82, 2.24) is 20.3 Å². The zero-order valence-corrected chi connectivity index (χ0v) is 25.4. The predicted molar refractivity (Wildman–Crippen MR) is 166 cm³/mol. The fourth-order valence-electron chi connectivity index (χ4n) is 5.10. The van der Waals surface area contributed by atoms with Gasteiger partial charge in [-0.15, -0.1) is 0 Å². The lowest BCUT2D eigenvalue weighted by Crippen LogP contribution is -2.50. The fraction of sp³-hybridized carbons (Fsp3) is 0.387. The van der Waals surface area contributed by atoms with Gasteiger partial charge in [0.25, 0.3) is 0 Å². The van der Waals surface area contributed by atoms with Crippen LogP contribution in [0.1, 0.15) is 39.2 Å². The van der Waals surface area contributed by atoms with Crippen molar-refractivity contribution in [3.63, 3.8) is 0 Å². The molecular formula is C31H36F2N6O3S. The van der Waals surface area contributed by atoms with Gasteiger partial charge in [0.2, 0.25) is 21.9 Å². The molecule has 43 heavy (non-hydrogen) atoms. The summed E-state index contributed by atoms with van der Waals surface area (Å²) in [4.78, 5) is 13.5. The van der Waals surface area contributed by atoms with Gasteiger partial charge in [0, 0.05) is 48.7 Å². The van der Waals surface area contributed by atoms with Crippen molar-refractivity contribution in [3.05, 3.63) is 66.5 Å². The predicted octanol–water partition coefficient (Wildman–Crippen LogP) is 6.17. The molecule has 1 fully saturated rings. The van der Waals surface area contributed by atoms with Crippen molar-refractivity contribution in [1.29, 1.82) is 0 Å². The Balaban J connectivity index is 1.44. The van der Waals surface area contributed by atoms with Gasteiger partial charge in [-0.3, -0.25) is 4.72 Å². The number of ether oxygens (including phenoxy) is 1. The van der Waals surface area contributed by atoms with Crippen molar-refractivity contribution in [2.45, 2.75) is 57.9 Å². The summed E-state index contributed by atoms with van der Waals surface area (Å²) in [5.41, 5.74) is -0.691. The molecule has 12 heteroatoms. The average molecular weight is 611 g/mol. The zero-order valence-electron chi connectivity index (χ0n) is 24.6. The van der Waals surface area contributed by atoms with Gasteiger partial charge >= 0.3 is 0 Å². The minimum atomic E-state index is -3.80. The van der Waals surface area contributed by atoms with E-state index in [1.165, 1.54) is 13.8 Å². The highest BCUT2D eigenvalue weighted by atomic mass is 32.2. The molecule has 5 rings (SSSR count). The molecule has 2 atom stereocenters. The van der Waals surface area contributed by atoms with E-state index in [9.17, 15) is 17.2 Å². The lowest BCUT2D eigenvalue weighted by atomic mass is 9.95. The third-order valence-corrected chi connectivity index (χ3v) is 8.48. The normalized spacial score (nSPS) is 19.3. The SMILES string of the molecule is Cc1cc(NS(=O)(=O)CCC(C)(C)F)c2ccccc2c1Oc1ncccc1-c1ccnc(N[C@@H]2CNC[C@@](C)(F)C2)n1. The number of nitrogens with one attached hydrogen (secondary N) is 3. The van der Waals surface area contributed by atoms with Crippen LogP contribution in [0, 0.1) is 6.92 Å². The molecule has 1 aliphatic rings. The van der Waals surface area contributed by atoms with Crippen LogP contribution in [0.2, 0.25) is 0 Å². The number of fused-ring (bicyclic) bond motifs is 1. The number of alkyl halides is 2. The summed E-state index contributed by atoms with van der Waals surface area (Å²) in [6.45, 7) is 7.01. The van der Waals surface area contributed by atoms with Crippen LogP contribution in [-0.4, -0.2) is 59.6 Å². The number of hydrogen-bond acceptors (Lipinski definition) is 8. The molecule has 2 aromatic carbocycles. The van der Waals surface area contributed by atoms with Gasteiger partial charge in [-0.2, -0.15) is 0 Å². The van der Waals surface area contributed by atoms with Crippen LogP contribution in [0.15, 0.2) is 60.9 Å². The van der Waals surface area contributed by atoms with Crippen LogP contribution in [0.5, 0.6) is 11.6 Å². The first-order valence-electron chi connectivity index (χ1n) is 14.1. The number of aromatic nitrogens is 3. The average Bonchev–Trinajstić information content (AvgIpc) is 2.93. The van der Waals surface area contributed by atoms with E-state index in [2.05, 4.69) is 30.3 Å². The number of hydrogen-bond donors (Lipinski definition) is 3. The van der Waals surface area contributed by atoms with Gasteiger partial charge in [-0.25, -0.2) is 32.2 Å². The summed E-state index contributed by atoms with van der Waals surface area (Å²) in [5.74, 6) is 0.826. The monoisotopic (exact) mass is 610 g/mol. The number of sulfonamides is 1. The van der Waals surface area contributed by atoms with Crippen LogP contribution in [-0.2, 0) is 10.0 Å². The molecule has 1 saturated heterocycles. The van der Waals surface area contributed by atoms with E-state index in [1.54, 1.807) is 49.6 Å². The van der Waals surface area contributed by atoms with Crippen molar-refractivity contribution in [2.24, 2.45) is 0 Å². The molecule has 0 spiro atoms. The van der Waals surface area contributed by atoms with Crippen LogP contribution < -0.4 is 20.1 Å². The van der Waals surface area contributed by atoms with E-state index in [0.29, 0.717) is 70.4 Å². The molecule has 0 bridgehead atoms. The fourth-order valence-corrected chi connectivity index (χ4v) is 6.46. The lowest BCUT2D eigenvalue weighted by molar-refractivity contribution is 0.137. The quantitative estimate of drug-likeness (QED) is 0.195. The Kier molecular flexibility index (Phi) is 8.53. The number of anilines is 2. The van der Waals surface area contributed by atoms with Gasteiger partial charge in [-0.1, -0.05) is 24.3 Å². The largest absolute Gasteiger partial charge is 0.437 e. The molecule has 0 unspecified atom stereocenters. The van der Waals surface area contributed by atoms with Crippen molar-refractivity contribution >= 4 is 32.4 Å². The highest BCUT2D eigenvalue weighted by molar-refractivity contribution is 7.92. The number of rotatable bonds is 10. The minimum absolute atomic E-state index is 0.129. The molecule has 0 saturated carbocycles. The summed E-state index contributed by atoms with van der Waals surface area (Å²) >= 11 is 0. The topological polar surface area (TPSA) is 118 Å². The number of aryl methyl sites for hydroxylation is 1. The van der Waals surface area contributed by atoms with Crippen molar-refractivity contribution in [3.8, 4) is 22.9 Å². The summed E-state index contributed by atoms with van der Waals surface area (Å²) in [5, 5.41) is 7.62. The number of pyridine rings is 1. The summed E-state index contributed by atoms with van der Waals surface area (Å²) in [6.07, 6.45) is 3.44. The molecule has 1 aliphatic heterocycles. The van der Waals surface area contributed by atoms with E-state index in [-0.39, 0.29) is 18.2 Å². The highest BCUT2D eigenvalue weighted by Gasteiger charge is 2.32. The molecule has 4 aromatic rings. The van der Waals surface area contributed by atoms with Gasteiger partial charge in [0.05, 0.1) is 22.7 Å². The van der Waals surface area contributed by atoms with Gasteiger partial charge in [0.15, 0.2) is 0 Å². The van der Waals surface area contributed by atoms with Crippen molar-refractivity contribution < 1.29 is 21.9 Å². The van der Waals surface area contributed by atoms with Crippen LogP contribution in [0.25, 0.3) is 22.0 Å². The zero-order chi connectivity index (χ0) is 30.8. The third kappa shape index (κ3) is 7.74. The lowest BCUT2D eigenvalue weighted by Gasteiger charge is -2.33. The number of nitrogens with zero attached hydrogens (tertiary/aromatic N) is 3. The summed E-state index contributed by atoms with van der Waals surface area (Å²) < 4.78 is 63.2. The van der Waals surface area contributed by atoms with E-state index < -0.39 is 21.4 Å². The van der Waals surface area contributed by atoms with Crippen molar-refractivity contribution in [2.75, 3.05) is 28.9 Å². The summed E-state index contributed by atoms with van der Waals surface area (Å²) in [7, 11) is -3.80. The Hall–Kier alpha value is -3.90. The molecule has 228 valence electrons. The van der Waals surface area contributed by atoms with Crippen LogP contribution in [0.4, 0.5) is 20.4 Å². The first-order valence-corrected chi connectivity index (χ1v) is 15.8. The highest BCUT2D eigenvalue weighted by Crippen LogP contribution is 2.40. The minimum Gasteiger partial charge on any atom is -0.437 e. The maximum Gasteiger partial charge on any atom is 0.232 e. The Bertz CT molecular complexity index is 1730. The van der Waals surface area contributed by atoms with E-state index in [1.807, 2.05) is 25.1 Å². The van der Waals surface area contributed by atoms with Gasteiger partial charge < -0.3 is 15.4 Å². The van der Waals surface area contributed by atoms with E-state index in [0.717, 1.165) is 0 Å². The second kappa shape index (κ2) is 12.0. The molecule has 3 heterocycles. The molecule has 9 nitrogen and oxygen atoms in total. The second-order valence-corrected chi connectivity index (χ2v) is 13.7. The number of piperidine rings is 1. The van der Waals surface area contributed by atoms with Gasteiger partial charge in [-0.05, 0) is 63.9 Å². The third-order valence-electron chi connectivity index (χ3n) is 7.20. The maximum absolute atomic E-state index is 14.5. The van der Waals surface area contributed by atoms with Crippen LogP contribution >= 0.6 is 0 Å². The smallest absolute Gasteiger partial charge is 0.232 e. The van der Waals surface area contributed by atoms with Crippen LogP contribution in [0.3, 0.4) is 0 Å². The Labute approximate surface area is 250 Å². The molecule has 2 aromatic heterocycles. The first-order chi connectivity index (χ1) is 20.3. The van der Waals surface area contributed by atoms with Gasteiger partial charge in [0.1, 0.15) is 17.1 Å². The Morgan fingerprint density at radius 1 is 1.12 bits per heavy atom. The number of benzene rings is 2.